The van der Waals surface area contributed by atoms with Gasteiger partial charge in [-0.15, -0.1) is 0 Å². The number of pyridine rings is 2. The standard InChI is InChI=1S/C22H19ClN4O/c1-3-27-20-17(22(28)26(2)18-11-12-19(23)25-21(18)27)13-16(14-24-20)10-9-15-7-5-4-6-8-15/h4-14H,3H2,1-2H3. The lowest BCUT2D eigenvalue weighted by atomic mass is 10.1. The van der Waals surface area contributed by atoms with Crippen molar-refractivity contribution in [3.05, 3.63) is 76.6 Å². The van der Waals surface area contributed by atoms with Gasteiger partial charge in [-0.1, -0.05) is 54.1 Å². The van der Waals surface area contributed by atoms with Crippen molar-refractivity contribution in [2.75, 3.05) is 23.4 Å². The van der Waals surface area contributed by atoms with Gasteiger partial charge in [-0.05, 0) is 36.2 Å². The first-order chi connectivity index (χ1) is 13.6. The van der Waals surface area contributed by atoms with Crippen LogP contribution >= 0.6 is 11.6 Å². The fraction of sp³-hybridized carbons (Fsp3) is 0.136. The van der Waals surface area contributed by atoms with Crippen molar-refractivity contribution in [2.45, 2.75) is 6.92 Å². The summed E-state index contributed by atoms with van der Waals surface area (Å²) in [4.78, 5) is 25.7. The van der Waals surface area contributed by atoms with Crippen molar-refractivity contribution in [1.82, 2.24) is 9.97 Å². The molecule has 0 N–H and O–H groups in total. The molecule has 6 heteroatoms. The maximum Gasteiger partial charge on any atom is 0.261 e. The lowest BCUT2D eigenvalue weighted by Gasteiger charge is -2.22. The number of carbonyl (C=O) groups excluding carboxylic acids is 1. The summed E-state index contributed by atoms with van der Waals surface area (Å²) in [5.74, 6) is 1.09. The fourth-order valence-electron chi connectivity index (χ4n) is 3.26. The van der Waals surface area contributed by atoms with Gasteiger partial charge in [-0.3, -0.25) is 4.79 Å². The third kappa shape index (κ3) is 3.25. The van der Waals surface area contributed by atoms with Gasteiger partial charge < -0.3 is 9.80 Å². The van der Waals surface area contributed by atoms with E-state index in [-0.39, 0.29) is 5.91 Å². The number of halogens is 1. The molecule has 140 valence electrons. The predicted molar refractivity (Wildman–Crippen MR) is 114 cm³/mol. The summed E-state index contributed by atoms with van der Waals surface area (Å²) in [5.41, 5.74) is 3.18. The Bertz CT molecular complexity index is 1070. The van der Waals surface area contributed by atoms with E-state index < -0.39 is 0 Å². The molecule has 0 fully saturated rings. The molecule has 3 heterocycles. The van der Waals surface area contributed by atoms with Crippen LogP contribution in [-0.4, -0.2) is 29.5 Å². The normalized spacial score (nSPS) is 13.5. The van der Waals surface area contributed by atoms with Gasteiger partial charge in [0.2, 0.25) is 0 Å². The zero-order valence-corrected chi connectivity index (χ0v) is 16.4. The number of aromatic nitrogens is 2. The van der Waals surface area contributed by atoms with Gasteiger partial charge in [-0.2, -0.15) is 0 Å². The number of hydrogen-bond acceptors (Lipinski definition) is 4. The molecule has 0 aliphatic carbocycles. The highest BCUT2D eigenvalue weighted by Gasteiger charge is 2.30. The first-order valence-corrected chi connectivity index (χ1v) is 9.41. The topological polar surface area (TPSA) is 49.3 Å². The number of nitrogens with zero attached hydrogens (tertiary/aromatic N) is 4. The number of anilines is 3. The molecule has 0 bridgehead atoms. The van der Waals surface area contributed by atoms with Crippen LogP contribution in [0.25, 0.3) is 12.2 Å². The van der Waals surface area contributed by atoms with Gasteiger partial charge in [0.25, 0.3) is 5.91 Å². The van der Waals surface area contributed by atoms with E-state index in [2.05, 4.69) is 9.97 Å². The average molecular weight is 391 g/mol. The Morgan fingerprint density at radius 3 is 2.54 bits per heavy atom. The Morgan fingerprint density at radius 1 is 1.04 bits per heavy atom. The fourth-order valence-corrected chi connectivity index (χ4v) is 3.41. The minimum Gasteiger partial charge on any atom is -0.309 e. The highest BCUT2D eigenvalue weighted by atomic mass is 35.5. The number of hydrogen-bond donors (Lipinski definition) is 0. The molecule has 28 heavy (non-hydrogen) atoms. The number of amides is 1. The third-order valence-electron chi connectivity index (χ3n) is 4.70. The Morgan fingerprint density at radius 2 is 1.79 bits per heavy atom. The molecule has 0 unspecified atom stereocenters. The first kappa shape index (κ1) is 18.2. The van der Waals surface area contributed by atoms with Crippen LogP contribution in [0.4, 0.5) is 17.3 Å². The zero-order chi connectivity index (χ0) is 19.7. The average Bonchev–Trinajstić information content (AvgIpc) is 2.80. The smallest absolute Gasteiger partial charge is 0.261 e. The molecule has 5 nitrogen and oxygen atoms in total. The molecule has 3 aromatic rings. The Hall–Kier alpha value is -3.18. The molecule has 0 radical (unpaired) electrons. The van der Waals surface area contributed by atoms with Crippen LogP contribution in [0.3, 0.4) is 0 Å². The molecule has 0 saturated heterocycles. The van der Waals surface area contributed by atoms with E-state index in [1.807, 2.05) is 66.4 Å². The summed E-state index contributed by atoms with van der Waals surface area (Å²) >= 11 is 6.12. The van der Waals surface area contributed by atoms with Crippen molar-refractivity contribution in [1.29, 1.82) is 0 Å². The highest BCUT2D eigenvalue weighted by Crippen LogP contribution is 2.38. The molecule has 0 spiro atoms. The van der Waals surface area contributed by atoms with Crippen LogP contribution in [0.1, 0.15) is 28.4 Å². The molecule has 4 rings (SSSR count). The van der Waals surface area contributed by atoms with E-state index in [4.69, 9.17) is 11.6 Å². The van der Waals surface area contributed by atoms with E-state index in [9.17, 15) is 4.79 Å². The summed E-state index contributed by atoms with van der Waals surface area (Å²) in [6.45, 7) is 2.61. The lowest BCUT2D eigenvalue weighted by Crippen LogP contribution is -2.25. The van der Waals surface area contributed by atoms with Crippen molar-refractivity contribution < 1.29 is 4.79 Å². The van der Waals surface area contributed by atoms with Crippen LogP contribution in [0.2, 0.25) is 5.15 Å². The van der Waals surface area contributed by atoms with Crippen LogP contribution in [0, 0.1) is 0 Å². The molecule has 1 aromatic carbocycles. The predicted octanol–water partition coefficient (Wildman–Crippen LogP) is 5.05. The van der Waals surface area contributed by atoms with Crippen LogP contribution < -0.4 is 9.80 Å². The molecular weight excluding hydrogens is 372 g/mol. The van der Waals surface area contributed by atoms with Gasteiger partial charge in [0.15, 0.2) is 5.82 Å². The van der Waals surface area contributed by atoms with E-state index in [1.165, 1.54) is 0 Å². The minimum absolute atomic E-state index is 0.126. The van der Waals surface area contributed by atoms with Crippen LogP contribution in [-0.2, 0) is 0 Å². The molecule has 0 atom stereocenters. The number of benzene rings is 1. The second kappa shape index (κ2) is 7.44. The largest absolute Gasteiger partial charge is 0.309 e. The van der Waals surface area contributed by atoms with Crippen LogP contribution in [0.5, 0.6) is 0 Å². The summed E-state index contributed by atoms with van der Waals surface area (Å²) in [5, 5.41) is 0.379. The zero-order valence-electron chi connectivity index (χ0n) is 15.6. The Labute approximate surface area is 168 Å². The maximum absolute atomic E-state index is 13.1. The molecule has 1 amide bonds. The first-order valence-electron chi connectivity index (χ1n) is 9.04. The van der Waals surface area contributed by atoms with E-state index in [0.29, 0.717) is 34.6 Å². The van der Waals surface area contributed by atoms with E-state index in [1.54, 1.807) is 24.2 Å². The number of rotatable bonds is 3. The lowest BCUT2D eigenvalue weighted by molar-refractivity contribution is 0.0994. The second-order valence-corrected chi connectivity index (χ2v) is 6.86. The van der Waals surface area contributed by atoms with Crippen molar-refractivity contribution >= 4 is 47.0 Å². The van der Waals surface area contributed by atoms with Crippen molar-refractivity contribution in [2.24, 2.45) is 0 Å². The van der Waals surface area contributed by atoms with Gasteiger partial charge in [0.1, 0.15) is 11.0 Å². The van der Waals surface area contributed by atoms with E-state index in [0.717, 1.165) is 11.1 Å². The molecular formula is C22H19ClN4O. The Kier molecular flexibility index (Phi) is 4.84. The van der Waals surface area contributed by atoms with Gasteiger partial charge in [-0.25, -0.2) is 9.97 Å². The summed E-state index contributed by atoms with van der Waals surface area (Å²) < 4.78 is 0. The van der Waals surface area contributed by atoms with Crippen molar-refractivity contribution in [3.63, 3.8) is 0 Å². The van der Waals surface area contributed by atoms with Gasteiger partial charge >= 0.3 is 0 Å². The van der Waals surface area contributed by atoms with Crippen LogP contribution in [0.15, 0.2) is 54.7 Å². The summed E-state index contributed by atoms with van der Waals surface area (Å²) in [6, 6.07) is 15.4. The summed E-state index contributed by atoms with van der Waals surface area (Å²) in [6.07, 6.45) is 5.73. The maximum atomic E-state index is 13.1. The number of carbonyl (C=O) groups is 1. The monoisotopic (exact) mass is 390 g/mol. The second-order valence-electron chi connectivity index (χ2n) is 6.47. The Balaban J connectivity index is 1.80. The minimum atomic E-state index is -0.126. The third-order valence-corrected chi connectivity index (χ3v) is 4.91. The molecule has 2 aromatic heterocycles. The number of fused-ring (bicyclic) bond motifs is 2. The molecule has 1 aliphatic rings. The highest BCUT2D eigenvalue weighted by molar-refractivity contribution is 6.29. The SMILES string of the molecule is CCN1c2ncc(C=Cc3ccccc3)cc2C(=O)N(C)c2ccc(Cl)nc21. The quantitative estimate of drug-likeness (QED) is 0.587. The molecule has 0 saturated carbocycles. The van der Waals surface area contributed by atoms with Gasteiger partial charge in [0, 0.05) is 19.8 Å². The van der Waals surface area contributed by atoms with Crippen molar-refractivity contribution in [3.8, 4) is 0 Å². The van der Waals surface area contributed by atoms with E-state index >= 15 is 0 Å². The molecule has 1 aliphatic heterocycles. The van der Waals surface area contributed by atoms with Gasteiger partial charge in [0.05, 0.1) is 11.3 Å². The summed E-state index contributed by atoms with van der Waals surface area (Å²) in [7, 11) is 1.74.